The number of nitrogen functional groups attached to an aromatic ring is 1. The van der Waals surface area contributed by atoms with Gasteiger partial charge in [0.1, 0.15) is 0 Å². The minimum atomic E-state index is -0.430. The molecule has 1 unspecified atom stereocenters. The third-order valence-electron chi connectivity index (χ3n) is 3.52. The topological polar surface area (TPSA) is 103 Å². The molecule has 3 N–H and O–H groups in total. The van der Waals surface area contributed by atoms with Crippen molar-refractivity contribution in [3.63, 3.8) is 0 Å². The van der Waals surface area contributed by atoms with Gasteiger partial charge >= 0.3 is 0 Å². The predicted molar refractivity (Wildman–Crippen MR) is 99.3 cm³/mol. The average molecular weight is 361 g/mol. The highest BCUT2D eigenvalue weighted by atomic mass is 32.2. The number of ketones is 1. The number of nitrogens with zero attached hydrogens (tertiary/aromatic N) is 3. The quantitative estimate of drug-likeness (QED) is 0.482. The SMILES string of the molecule is CC(=O)c1cccc(NC(=O)C(C)Sc2nnc(C(C)(C)C)n2N)c1. The van der Waals surface area contributed by atoms with Crippen molar-refractivity contribution in [1.29, 1.82) is 0 Å². The van der Waals surface area contributed by atoms with Gasteiger partial charge in [0, 0.05) is 16.7 Å². The molecule has 8 heteroatoms. The first-order chi connectivity index (χ1) is 11.6. The molecule has 7 nitrogen and oxygen atoms in total. The second-order valence-corrected chi connectivity index (χ2v) is 8.12. The van der Waals surface area contributed by atoms with Gasteiger partial charge in [-0.15, -0.1) is 10.2 Å². The molecule has 0 aliphatic rings. The van der Waals surface area contributed by atoms with Crippen molar-refractivity contribution in [2.24, 2.45) is 0 Å². The minimum absolute atomic E-state index is 0.0514. The van der Waals surface area contributed by atoms with Crippen LogP contribution in [0.3, 0.4) is 0 Å². The molecule has 0 bridgehead atoms. The normalized spacial score (nSPS) is 12.7. The van der Waals surface area contributed by atoms with Crippen molar-refractivity contribution >= 4 is 29.1 Å². The Morgan fingerprint density at radius 2 is 1.96 bits per heavy atom. The number of hydrogen-bond donors (Lipinski definition) is 2. The van der Waals surface area contributed by atoms with Gasteiger partial charge in [0.15, 0.2) is 11.6 Å². The first kappa shape index (κ1) is 19.0. The molecule has 0 saturated heterocycles. The lowest BCUT2D eigenvalue weighted by Crippen LogP contribution is -2.26. The second kappa shape index (κ2) is 7.26. The number of Topliss-reactive ketones (excluding diaryl/α,β-unsaturated/α-hetero) is 1. The zero-order valence-electron chi connectivity index (χ0n) is 15.0. The summed E-state index contributed by atoms with van der Waals surface area (Å²) in [5, 5.41) is 11.0. The van der Waals surface area contributed by atoms with Gasteiger partial charge < -0.3 is 11.2 Å². The zero-order chi connectivity index (χ0) is 18.8. The maximum atomic E-state index is 12.4. The van der Waals surface area contributed by atoms with Crippen LogP contribution >= 0.6 is 11.8 Å². The number of thioether (sulfide) groups is 1. The van der Waals surface area contributed by atoms with Gasteiger partial charge in [0.2, 0.25) is 11.1 Å². The molecule has 0 spiro atoms. The van der Waals surface area contributed by atoms with Gasteiger partial charge in [-0.1, -0.05) is 44.7 Å². The molecule has 134 valence electrons. The number of nitrogens with one attached hydrogen (secondary N) is 1. The van der Waals surface area contributed by atoms with Crippen LogP contribution in [-0.4, -0.2) is 31.8 Å². The third-order valence-corrected chi connectivity index (χ3v) is 4.58. The van der Waals surface area contributed by atoms with Crippen LogP contribution in [0.4, 0.5) is 5.69 Å². The third kappa shape index (κ3) is 4.60. The molecule has 0 fully saturated rings. The summed E-state index contributed by atoms with van der Waals surface area (Å²) in [6.45, 7) is 9.23. The summed E-state index contributed by atoms with van der Waals surface area (Å²) in [5.41, 5.74) is 0.892. The lowest BCUT2D eigenvalue weighted by atomic mass is 9.96. The Bertz CT molecular complexity index is 795. The van der Waals surface area contributed by atoms with E-state index in [9.17, 15) is 9.59 Å². The molecule has 1 aromatic carbocycles. The van der Waals surface area contributed by atoms with E-state index in [1.807, 2.05) is 20.8 Å². The van der Waals surface area contributed by atoms with E-state index in [-0.39, 0.29) is 17.1 Å². The molecule has 0 saturated carbocycles. The van der Waals surface area contributed by atoms with Gasteiger partial charge in [0.05, 0.1) is 5.25 Å². The summed E-state index contributed by atoms with van der Waals surface area (Å²) in [5.74, 6) is 6.44. The van der Waals surface area contributed by atoms with Crippen molar-refractivity contribution < 1.29 is 9.59 Å². The predicted octanol–water partition coefficient (Wildman–Crippen LogP) is 2.61. The molecule has 0 radical (unpaired) electrons. The highest BCUT2D eigenvalue weighted by Crippen LogP contribution is 2.26. The molecule has 1 atom stereocenters. The molecule has 25 heavy (non-hydrogen) atoms. The van der Waals surface area contributed by atoms with Crippen LogP contribution in [-0.2, 0) is 10.2 Å². The fourth-order valence-electron chi connectivity index (χ4n) is 2.14. The maximum Gasteiger partial charge on any atom is 0.237 e. The van der Waals surface area contributed by atoms with Crippen LogP contribution in [0.2, 0.25) is 0 Å². The Balaban J connectivity index is 2.07. The first-order valence-electron chi connectivity index (χ1n) is 7.89. The summed E-state index contributed by atoms with van der Waals surface area (Å²) >= 11 is 1.23. The van der Waals surface area contributed by atoms with Crippen LogP contribution in [0.1, 0.15) is 50.8 Å². The number of rotatable bonds is 5. The number of benzene rings is 1. The monoisotopic (exact) mass is 361 g/mol. The highest BCUT2D eigenvalue weighted by molar-refractivity contribution is 8.00. The van der Waals surface area contributed by atoms with E-state index in [1.165, 1.54) is 23.4 Å². The minimum Gasteiger partial charge on any atom is -0.336 e. The Kier molecular flexibility index (Phi) is 5.52. The fourth-order valence-corrected chi connectivity index (χ4v) is 2.91. The van der Waals surface area contributed by atoms with Crippen LogP contribution in [0, 0.1) is 0 Å². The average Bonchev–Trinajstić information content (AvgIpc) is 2.88. The van der Waals surface area contributed by atoms with Gasteiger partial charge in [0.25, 0.3) is 0 Å². The van der Waals surface area contributed by atoms with Gasteiger partial charge in [-0.2, -0.15) is 0 Å². The first-order valence-corrected chi connectivity index (χ1v) is 8.77. The van der Waals surface area contributed by atoms with Crippen LogP contribution in [0.5, 0.6) is 0 Å². The fraction of sp³-hybridized carbons (Fsp3) is 0.412. The molecule has 1 amide bonds. The lowest BCUT2D eigenvalue weighted by Gasteiger charge is -2.17. The van der Waals surface area contributed by atoms with Gasteiger partial charge in [-0.05, 0) is 26.0 Å². The Morgan fingerprint density at radius 3 is 2.52 bits per heavy atom. The van der Waals surface area contributed by atoms with E-state index in [4.69, 9.17) is 5.84 Å². The van der Waals surface area contributed by atoms with Gasteiger partial charge in [-0.25, -0.2) is 4.68 Å². The largest absolute Gasteiger partial charge is 0.336 e. The van der Waals surface area contributed by atoms with E-state index in [2.05, 4.69) is 15.5 Å². The molecule has 2 rings (SSSR count). The number of aromatic nitrogens is 3. The summed E-state index contributed by atoms with van der Waals surface area (Å²) < 4.78 is 1.42. The van der Waals surface area contributed by atoms with Crippen molar-refractivity contribution in [3.8, 4) is 0 Å². The Morgan fingerprint density at radius 1 is 1.28 bits per heavy atom. The van der Waals surface area contributed by atoms with Crippen LogP contribution in [0.15, 0.2) is 29.4 Å². The van der Waals surface area contributed by atoms with Crippen molar-refractivity contribution in [2.45, 2.75) is 50.4 Å². The highest BCUT2D eigenvalue weighted by Gasteiger charge is 2.25. The Labute approximate surface area is 151 Å². The van der Waals surface area contributed by atoms with E-state index < -0.39 is 5.25 Å². The number of amides is 1. The van der Waals surface area contributed by atoms with Crippen molar-refractivity contribution in [2.75, 3.05) is 11.2 Å². The summed E-state index contributed by atoms with van der Waals surface area (Å²) in [7, 11) is 0. The van der Waals surface area contributed by atoms with E-state index in [0.717, 1.165) is 0 Å². The lowest BCUT2D eigenvalue weighted by molar-refractivity contribution is -0.115. The number of hydrogen-bond acceptors (Lipinski definition) is 6. The molecular formula is C17H23N5O2S. The summed E-state index contributed by atoms with van der Waals surface area (Å²) in [6, 6.07) is 6.84. The molecule has 2 aromatic rings. The number of nitrogens with two attached hydrogens (primary N) is 1. The van der Waals surface area contributed by atoms with Crippen molar-refractivity contribution in [1.82, 2.24) is 14.9 Å². The maximum absolute atomic E-state index is 12.4. The Hall–Kier alpha value is -2.35. The van der Waals surface area contributed by atoms with E-state index >= 15 is 0 Å². The van der Waals surface area contributed by atoms with Crippen molar-refractivity contribution in [3.05, 3.63) is 35.7 Å². The zero-order valence-corrected chi connectivity index (χ0v) is 15.8. The van der Waals surface area contributed by atoms with Crippen LogP contribution < -0.4 is 11.2 Å². The van der Waals surface area contributed by atoms with Crippen LogP contribution in [0.25, 0.3) is 0 Å². The smallest absolute Gasteiger partial charge is 0.237 e. The number of carbonyl (C=O) groups excluding carboxylic acids is 2. The standard InChI is InChI=1S/C17H23N5O2S/c1-10(23)12-7-6-8-13(9-12)19-14(24)11(2)25-16-21-20-15(22(16)18)17(3,4)5/h6-9,11H,18H2,1-5H3,(H,19,24). The van der Waals surface area contributed by atoms with Gasteiger partial charge in [-0.3, -0.25) is 9.59 Å². The molecule has 0 aliphatic carbocycles. The molecular weight excluding hydrogens is 338 g/mol. The summed E-state index contributed by atoms with van der Waals surface area (Å²) in [6.07, 6.45) is 0. The molecule has 0 aliphatic heterocycles. The number of anilines is 1. The molecule has 1 aromatic heterocycles. The van der Waals surface area contributed by atoms with E-state index in [1.54, 1.807) is 31.2 Å². The number of carbonyl (C=O) groups is 2. The second-order valence-electron chi connectivity index (χ2n) is 6.81. The van der Waals surface area contributed by atoms with E-state index in [0.29, 0.717) is 22.2 Å². The molecule has 1 heterocycles. The summed E-state index contributed by atoms with van der Waals surface area (Å²) in [4.78, 5) is 23.8.